The van der Waals surface area contributed by atoms with E-state index in [4.69, 9.17) is 18.0 Å². The summed E-state index contributed by atoms with van der Waals surface area (Å²) >= 11 is 4.91. The second-order valence-electron chi connectivity index (χ2n) is 5.05. The summed E-state index contributed by atoms with van der Waals surface area (Å²) in [6.45, 7) is 1.87. The third kappa shape index (κ3) is 3.01. The molecule has 1 aromatic rings. The van der Waals surface area contributed by atoms with Gasteiger partial charge < -0.3 is 5.73 Å². The van der Waals surface area contributed by atoms with E-state index in [-0.39, 0.29) is 29.3 Å². The molecule has 0 atom stereocenters. The van der Waals surface area contributed by atoms with Crippen LogP contribution in [0.25, 0.3) is 0 Å². The summed E-state index contributed by atoms with van der Waals surface area (Å²) in [4.78, 5) is 25.1. The van der Waals surface area contributed by atoms with Crippen LogP contribution in [0.1, 0.15) is 30.9 Å². The summed E-state index contributed by atoms with van der Waals surface area (Å²) in [6, 6.07) is 3.97. The number of likely N-dealkylation sites (tertiary alicyclic amines) is 1. The van der Waals surface area contributed by atoms with Gasteiger partial charge in [-0.1, -0.05) is 19.1 Å². The summed E-state index contributed by atoms with van der Waals surface area (Å²) in [5.41, 5.74) is 6.52. The second kappa shape index (κ2) is 5.66. The lowest BCUT2D eigenvalue weighted by Crippen LogP contribution is -2.42. The Morgan fingerprint density at radius 2 is 2.00 bits per heavy atom. The van der Waals surface area contributed by atoms with Crippen molar-refractivity contribution in [2.45, 2.75) is 26.3 Å². The molecule has 0 saturated carbocycles. The first-order valence-electron chi connectivity index (χ1n) is 6.30. The van der Waals surface area contributed by atoms with Crippen molar-refractivity contribution in [1.82, 2.24) is 4.90 Å². The zero-order valence-electron chi connectivity index (χ0n) is 11.1. The van der Waals surface area contributed by atoms with Crippen LogP contribution >= 0.6 is 12.2 Å². The number of rotatable bonds is 3. The first-order valence-corrected chi connectivity index (χ1v) is 6.70. The van der Waals surface area contributed by atoms with E-state index in [2.05, 4.69) is 0 Å². The minimum atomic E-state index is -0.453. The van der Waals surface area contributed by atoms with E-state index in [1.165, 1.54) is 18.2 Å². The molecule has 2 amide bonds. The summed E-state index contributed by atoms with van der Waals surface area (Å²) < 4.78 is 13.3. The quantitative estimate of drug-likeness (QED) is 0.681. The molecule has 1 heterocycles. The number of nitrogens with two attached hydrogens (primary N) is 1. The summed E-state index contributed by atoms with van der Waals surface area (Å²) in [7, 11) is 0. The Balaban J connectivity index is 2.29. The van der Waals surface area contributed by atoms with E-state index < -0.39 is 5.82 Å². The maximum atomic E-state index is 13.3. The van der Waals surface area contributed by atoms with E-state index in [0.717, 1.165) is 4.90 Å². The van der Waals surface area contributed by atoms with Crippen LogP contribution in [0.4, 0.5) is 4.39 Å². The van der Waals surface area contributed by atoms with Crippen molar-refractivity contribution in [3.63, 3.8) is 0 Å². The number of halogens is 1. The highest BCUT2D eigenvalue weighted by molar-refractivity contribution is 7.80. The highest BCUT2D eigenvalue weighted by Crippen LogP contribution is 2.22. The van der Waals surface area contributed by atoms with Crippen LogP contribution in [-0.4, -0.2) is 21.7 Å². The Kier molecular flexibility index (Phi) is 4.13. The van der Waals surface area contributed by atoms with Gasteiger partial charge in [-0.3, -0.25) is 14.5 Å². The number of amides is 2. The fraction of sp³-hybridized carbons (Fsp3) is 0.357. The van der Waals surface area contributed by atoms with Crippen LogP contribution in [0, 0.1) is 11.7 Å². The SMILES string of the molecule is CC1CC(=O)N(Cc2cc(F)ccc2C(N)=S)C(=O)C1. The maximum Gasteiger partial charge on any atom is 0.229 e. The van der Waals surface area contributed by atoms with Crippen LogP contribution < -0.4 is 5.73 Å². The fourth-order valence-corrected chi connectivity index (χ4v) is 2.51. The molecule has 6 heteroatoms. The molecule has 0 unspecified atom stereocenters. The molecule has 0 spiro atoms. The lowest BCUT2D eigenvalue weighted by atomic mass is 9.96. The predicted molar refractivity (Wildman–Crippen MR) is 76.2 cm³/mol. The Morgan fingerprint density at radius 1 is 1.40 bits per heavy atom. The first-order chi connectivity index (χ1) is 9.38. The van der Waals surface area contributed by atoms with E-state index in [1.807, 2.05) is 6.92 Å². The van der Waals surface area contributed by atoms with Gasteiger partial charge in [0.15, 0.2) is 0 Å². The molecule has 0 aliphatic carbocycles. The van der Waals surface area contributed by atoms with Gasteiger partial charge in [0.25, 0.3) is 0 Å². The number of imide groups is 1. The van der Waals surface area contributed by atoms with E-state index >= 15 is 0 Å². The number of carbonyl (C=O) groups excluding carboxylic acids is 2. The molecule has 0 aromatic heterocycles. The van der Waals surface area contributed by atoms with Gasteiger partial charge in [0.05, 0.1) is 6.54 Å². The Bertz CT molecular complexity index is 571. The van der Waals surface area contributed by atoms with Crippen molar-refractivity contribution < 1.29 is 14.0 Å². The number of thiocarbonyl (C=S) groups is 1. The number of carbonyl (C=O) groups is 2. The standard InChI is InChI=1S/C14H15FN2O2S/c1-8-4-12(18)17(13(19)5-8)7-9-6-10(15)2-3-11(9)14(16)20/h2-3,6,8H,4-5,7H2,1H3,(H2,16,20). The molecule has 1 aliphatic heterocycles. The molecular weight excluding hydrogens is 279 g/mol. The van der Waals surface area contributed by atoms with Crippen molar-refractivity contribution in [3.8, 4) is 0 Å². The molecule has 1 aromatic carbocycles. The number of nitrogens with zero attached hydrogens (tertiary/aromatic N) is 1. The summed E-state index contributed by atoms with van der Waals surface area (Å²) in [6.07, 6.45) is 0.646. The number of hydrogen-bond donors (Lipinski definition) is 1. The van der Waals surface area contributed by atoms with Crippen molar-refractivity contribution in [2.24, 2.45) is 11.7 Å². The largest absolute Gasteiger partial charge is 0.389 e. The molecule has 2 N–H and O–H groups in total. The molecule has 0 radical (unpaired) electrons. The van der Waals surface area contributed by atoms with Gasteiger partial charge in [-0.2, -0.15) is 0 Å². The van der Waals surface area contributed by atoms with Crippen LogP contribution in [0.5, 0.6) is 0 Å². The molecule has 0 bridgehead atoms. The normalized spacial score (nSPS) is 16.6. The monoisotopic (exact) mass is 294 g/mol. The average molecular weight is 294 g/mol. The van der Waals surface area contributed by atoms with Crippen LogP contribution in [0.2, 0.25) is 0 Å². The van der Waals surface area contributed by atoms with Gasteiger partial charge in [-0.25, -0.2) is 4.39 Å². The number of piperidine rings is 1. The summed E-state index contributed by atoms with van der Waals surface area (Å²) in [5, 5.41) is 0. The van der Waals surface area contributed by atoms with Gasteiger partial charge in [0, 0.05) is 18.4 Å². The van der Waals surface area contributed by atoms with Crippen LogP contribution in [-0.2, 0) is 16.1 Å². The van der Waals surface area contributed by atoms with E-state index in [1.54, 1.807) is 0 Å². The minimum absolute atomic E-state index is 0.00875. The van der Waals surface area contributed by atoms with Crippen LogP contribution in [0.15, 0.2) is 18.2 Å². The van der Waals surface area contributed by atoms with Gasteiger partial charge in [-0.05, 0) is 29.7 Å². The molecule has 2 rings (SSSR count). The predicted octanol–water partition coefficient (Wildman–Crippen LogP) is 1.74. The lowest BCUT2D eigenvalue weighted by Gasteiger charge is -2.28. The number of hydrogen-bond acceptors (Lipinski definition) is 3. The minimum Gasteiger partial charge on any atom is -0.389 e. The van der Waals surface area contributed by atoms with Crippen molar-refractivity contribution >= 4 is 29.0 Å². The molecule has 106 valence electrons. The fourth-order valence-electron chi connectivity index (χ4n) is 2.31. The van der Waals surface area contributed by atoms with E-state index in [9.17, 15) is 14.0 Å². The van der Waals surface area contributed by atoms with Gasteiger partial charge in [0.1, 0.15) is 10.8 Å². The highest BCUT2D eigenvalue weighted by Gasteiger charge is 2.30. The Hall–Kier alpha value is -1.82. The smallest absolute Gasteiger partial charge is 0.229 e. The van der Waals surface area contributed by atoms with Gasteiger partial charge >= 0.3 is 0 Å². The number of benzene rings is 1. The highest BCUT2D eigenvalue weighted by atomic mass is 32.1. The zero-order valence-corrected chi connectivity index (χ0v) is 11.9. The molecular formula is C14H15FN2O2S. The second-order valence-corrected chi connectivity index (χ2v) is 5.49. The topological polar surface area (TPSA) is 63.4 Å². The molecule has 1 fully saturated rings. The maximum absolute atomic E-state index is 13.3. The van der Waals surface area contributed by atoms with Crippen molar-refractivity contribution in [2.75, 3.05) is 0 Å². The third-order valence-electron chi connectivity index (χ3n) is 3.31. The molecule has 20 heavy (non-hydrogen) atoms. The lowest BCUT2D eigenvalue weighted by molar-refractivity contribution is -0.150. The summed E-state index contributed by atoms with van der Waals surface area (Å²) in [5.74, 6) is -0.891. The van der Waals surface area contributed by atoms with E-state index in [0.29, 0.717) is 24.0 Å². The molecule has 1 saturated heterocycles. The molecule has 4 nitrogen and oxygen atoms in total. The first kappa shape index (κ1) is 14.6. The average Bonchev–Trinajstić information content (AvgIpc) is 2.33. The van der Waals surface area contributed by atoms with Crippen molar-refractivity contribution in [3.05, 3.63) is 35.1 Å². The Labute approximate surface area is 121 Å². The van der Waals surface area contributed by atoms with Gasteiger partial charge in [-0.15, -0.1) is 0 Å². The van der Waals surface area contributed by atoms with Crippen molar-refractivity contribution in [1.29, 1.82) is 0 Å². The Morgan fingerprint density at radius 3 is 2.55 bits per heavy atom. The third-order valence-corrected chi connectivity index (χ3v) is 3.53. The zero-order chi connectivity index (χ0) is 14.9. The van der Waals surface area contributed by atoms with Gasteiger partial charge in [0.2, 0.25) is 11.8 Å². The molecule has 1 aliphatic rings. The van der Waals surface area contributed by atoms with Crippen LogP contribution in [0.3, 0.4) is 0 Å².